The van der Waals surface area contributed by atoms with E-state index >= 15 is 0 Å². The number of hydrogen-bond acceptors (Lipinski definition) is 4. The molecule has 0 radical (unpaired) electrons. The van der Waals surface area contributed by atoms with Crippen LogP contribution in [0.4, 0.5) is 0 Å². The third-order valence-corrected chi connectivity index (χ3v) is 2.84. The summed E-state index contributed by atoms with van der Waals surface area (Å²) in [6.07, 6.45) is 0. The fourth-order valence-electron chi connectivity index (χ4n) is 1.86. The lowest BCUT2D eigenvalue weighted by Gasteiger charge is -2.00. The lowest BCUT2D eigenvalue weighted by atomic mass is 9.94. The van der Waals surface area contributed by atoms with Crippen LogP contribution < -0.4 is 5.46 Å². The lowest BCUT2D eigenvalue weighted by molar-refractivity contribution is 0.426. The molecule has 2 aromatic carbocycles. The number of aromatic nitrogens is 2. The minimum Gasteiger partial charge on any atom is -0.507 e. The summed E-state index contributed by atoms with van der Waals surface area (Å²) in [5, 5.41) is 13.8. The maximum Gasteiger partial charge on any atom is 0.261 e. The van der Waals surface area contributed by atoms with Gasteiger partial charge in [0.1, 0.15) is 13.6 Å². The van der Waals surface area contributed by atoms with E-state index < -0.39 is 0 Å². The molecule has 0 saturated heterocycles. The molecule has 19 heavy (non-hydrogen) atoms. The molecule has 0 amide bonds. The number of rotatable bonds is 2. The molecule has 0 aliphatic rings. The minimum absolute atomic E-state index is 0.133. The van der Waals surface area contributed by atoms with Crippen molar-refractivity contribution in [3.05, 3.63) is 48.5 Å². The number of phenols is 1. The number of aromatic hydroxyl groups is 1. The second-order valence-corrected chi connectivity index (χ2v) is 4.31. The second-order valence-electron chi connectivity index (χ2n) is 4.31. The Labute approximate surface area is 111 Å². The van der Waals surface area contributed by atoms with E-state index in [4.69, 9.17) is 4.52 Å². The Morgan fingerprint density at radius 2 is 1.84 bits per heavy atom. The third kappa shape index (κ3) is 2.22. The van der Waals surface area contributed by atoms with Crippen molar-refractivity contribution in [2.75, 3.05) is 0 Å². The summed E-state index contributed by atoms with van der Waals surface area (Å²) in [6, 6.07) is 14.8. The van der Waals surface area contributed by atoms with Crippen LogP contribution in [0.5, 0.6) is 5.75 Å². The maximum atomic E-state index is 9.84. The monoisotopic (exact) mass is 250 g/mol. The number of nitrogens with zero attached hydrogens (tertiary/aromatic N) is 2. The molecule has 0 aliphatic carbocycles. The van der Waals surface area contributed by atoms with Crippen molar-refractivity contribution in [1.82, 2.24) is 10.1 Å². The van der Waals surface area contributed by atoms with Gasteiger partial charge in [0.15, 0.2) is 0 Å². The molecule has 92 valence electrons. The first-order chi connectivity index (χ1) is 9.24. The fraction of sp³-hybridized carbons (Fsp3) is 0. The first-order valence-corrected chi connectivity index (χ1v) is 5.93. The van der Waals surface area contributed by atoms with E-state index in [2.05, 4.69) is 10.1 Å². The van der Waals surface area contributed by atoms with Crippen LogP contribution in [0.1, 0.15) is 0 Å². The standard InChI is InChI=1S/C14H11BN2O2/c15-10-6-7-12(18)11(8-10)14-16-13(17-19-14)9-4-2-1-3-5-9/h1-8,18H,15H2. The summed E-state index contributed by atoms with van der Waals surface area (Å²) in [6.45, 7) is 0. The van der Waals surface area contributed by atoms with Gasteiger partial charge in [0.25, 0.3) is 5.89 Å². The van der Waals surface area contributed by atoms with Crippen LogP contribution in [0.25, 0.3) is 22.8 Å². The van der Waals surface area contributed by atoms with E-state index in [1.807, 2.05) is 50.3 Å². The van der Waals surface area contributed by atoms with Crippen LogP contribution >= 0.6 is 0 Å². The summed E-state index contributed by atoms with van der Waals surface area (Å²) in [7, 11) is 1.94. The topological polar surface area (TPSA) is 59.2 Å². The highest BCUT2D eigenvalue weighted by Crippen LogP contribution is 2.28. The molecule has 0 aliphatic heterocycles. The number of hydrogen-bond donors (Lipinski definition) is 1. The van der Waals surface area contributed by atoms with Crippen molar-refractivity contribution in [3.63, 3.8) is 0 Å². The van der Waals surface area contributed by atoms with Gasteiger partial charge in [-0.3, -0.25) is 0 Å². The Bertz CT molecular complexity index is 710. The zero-order valence-corrected chi connectivity index (χ0v) is 10.4. The molecule has 4 nitrogen and oxygen atoms in total. The van der Waals surface area contributed by atoms with Crippen LogP contribution in [0.3, 0.4) is 0 Å². The highest BCUT2D eigenvalue weighted by atomic mass is 16.5. The smallest absolute Gasteiger partial charge is 0.261 e. The molecule has 5 heteroatoms. The molecule has 1 heterocycles. The third-order valence-electron chi connectivity index (χ3n) is 2.84. The minimum atomic E-state index is 0.133. The van der Waals surface area contributed by atoms with Gasteiger partial charge in [0.05, 0.1) is 5.56 Å². The molecule has 0 saturated carbocycles. The molecular weight excluding hydrogens is 239 g/mol. The van der Waals surface area contributed by atoms with E-state index in [-0.39, 0.29) is 5.75 Å². The highest BCUT2D eigenvalue weighted by Gasteiger charge is 2.13. The van der Waals surface area contributed by atoms with Crippen LogP contribution in [-0.4, -0.2) is 23.1 Å². The van der Waals surface area contributed by atoms with E-state index in [9.17, 15) is 5.11 Å². The van der Waals surface area contributed by atoms with Gasteiger partial charge in [-0.2, -0.15) is 4.98 Å². The Kier molecular flexibility index (Phi) is 2.80. The molecule has 0 unspecified atom stereocenters. The predicted octanol–water partition coefficient (Wildman–Crippen LogP) is 1.37. The van der Waals surface area contributed by atoms with Crippen molar-refractivity contribution in [2.45, 2.75) is 0 Å². The van der Waals surface area contributed by atoms with Crippen LogP contribution in [0, 0.1) is 0 Å². The predicted molar refractivity (Wildman–Crippen MR) is 75.0 cm³/mol. The largest absolute Gasteiger partial charge is 0.507 e. The fourth-order valence-corrected chi connectivity index (χ4v) is 1.86. The lowest BCUT2D eigenvalue weighted by Crippen LogP contribution is -2.00. The Morgan fingerprint density at radius 1 is 1.05 bits per heavy atom. The van der Waals surface area contributed by atoms with E-state index in [1.165, 1.54) is 0 Å². The summed E-state index contributed by atoms with van der Waals surface area (Å²) < 4.78 is 5.22. The van der Waals surface area contributed by atoms with Gasteiger partial charge in [-0.05, 0) is 6.07 Å². The van der Waals surface area contributed by atoms with Crippen molar-refractivity contribution < 1.29 is 9.63 Å². The molecule has 3 rings (SSSR count). The number of benzene rings is 2. The van der Waals surface area contributed by atoms with Crippen molar-refractivity contribution >= 4 is 13.3 Å². The van der Waals surface area contributed by atoms with Crippen LogP contribution in [0.2, 0.25) is 0 Å². The first kappa shape index (κ1) is 11.5. The van der Waals surface area contributed by atoms with Gasteiger partial charge >= 0.3 is 0 Å². The van der Waals surface area contributed by atoms with Crippen molar-refractivity contribution in [3.8, 4) is 28.6 Å². The van der Waals surface area contributed by atoms with Crippen molar-refractivity contribution in [2.24, 2.45) is 0 Å². The molecule has 3 aromatic rings. The Hall–Kier alpha value is -2.56. The van der Waals surface area contributed by atoms with Crippen molar-refractivity contribution in [1.29, 1.82) is 0 Å². The van der Waals surface area contributed by atoms with Gasteiger partial charge in [-0.15, -0.1) is 0 Å². The zero-order valence-electron chi connectivity index (χ0n) is 10.4. The molecule has 1 aromatic heterocycles. The normalized spacial score (nSPS) is 10.5. The van der Waals surface area contributed by atoms with Gasteiger partial charge in [0, 0.05) is 5.56 Å². The maximum absolute atomic E-state index is 9.84. The quantitative estimate of drug-likeness (QED) is 0.698. The van der Waals surface area contributed by atoms with Crippen LogP contribution in [0.15, 0.2) is 53.1 Å². The van der Waals surface area contributed by atoms with Crippen LogP contribution in [-0.2, 0) is 0 Å². The Balaban J connectivity index is 2.04. The molecule has 0 spiro atoms. The van der Waals surface area contributed by atoms with E-state index in [1.54, 1.807) is 6.07 Å². The van der Waals surface area contributed by atoms with Gasteiger partial charge in [-0.25, -0.2) is 0 Å². The van der Waals surface area contributed by atoms with Gasteiger partial charge in [-0.1, -0.05) is 53.1 Å². The van der Waals surface area contributed by atoms with Gasteiger partial charge in [0.2, 0.25) is 5.82 Å². The molecule has 1 N–H and O–H groups in total. The summed E-state index contributed by atoms with van der Waals surface area (Å²) in [5.74, 6) is 0.963. The highest BCUT2D eigenvalue weighted by molar-refractivity contribution is 6.32. The summed E-state index contributed by atoms with van der Waals surface area (Å²) >= 11 is 0. The number of phenolic OH excluding ortho intramolecular Hbond substituents is 1. The second kappa shape index (κ2) is 4.61. The SMILES string of the molecule is Bc1ccc(O)c(-c2nc(-c3ccccc3)no2)c1. The average Bonchev–Trinajstić information content (AvgIpc) is 2.92. The van der Waals surface area contributed by atoms with E-state index in [0.29, 0.717) is 17.3 Å². The molecule has 0 bridgehead atoms. The van der Waals surface area contributed by atoms with E-state index in [0.717, 1.165) is 11.0 Å². The Morgan fingerprint density at radius 3 is 2.63 bits per heavy atom. The summed E-state index contributed by atoms with van der Waals surface area (Å²) in [4.78, 5) is 4.31. The summed E-state index contributed by atoms with van der Waals surface area (Å²) in [5.41, 5.74) is 2.45. The average molecular weight is 250 g/mol. The first-order valence-electron chi connectivity index (χ1n) is 5.93. The molecular formula is C14H11BN2O2. The zero-order chi connectivity index (χ0) is 13.2. The molecule has 0 fully saturated rings. The molecule has 0 atom stereocenters. The van der Waals surface area contributed by atoms with Gasteiger partial charge < -0.3 is 9.63 Å².